The molecule has 3 N–H and O–H groups in total. The number of hydrogen-bond donors (Lipinski definition) is 2. The lowest BCUT2D eigenvalue weighted by Crippen LogP contribution is -2.34. The Labute approximate surface area is 194 Å². The van der Waals surface area contributed by atoms with E-state index in [0.717, 1.165) is 0 Å². The van der Waals surface area contributed by atoms with E-state index in [2.05, 4.69) is 4.98 Å². The predicted molar refractivity (Wildman–Crippen MR) is 120 cm³/mol. The number of phenols is 1. The number of fused-ring (bicyclic) bond motifs is 1. The monoisotopic (exact) mass is 469 g/mol. The SMILES string of the molecule is COc1cccc(C(=O)N(Cc2cccnc2C(N)=O)[C@@H]2CCc3c(F)cc(Cl)cc32)c1O. The number of aromatic hydroxyl groups is 1. The third-order valence-electron chi connectivity index (χ3n) is 5.77. The molecule has 3 aromatic rings. The lowest BCUT2D eigenvalue weighted by Gasteiger charge is -2.31. The smallest absolute Gasteiger partial charge is 0.267 e. The Morgan fingerprint density at radius 2 is 2.09 bits per heavy atom. The molecule has 0 bridgehead atoms. The van der Waals surface area contributed by atoms with Crippen molar-refractivity contribution in [1.29, 1.82) is 0 Å². The van der Waals surface area contributed by atoms with Crippen LogP contribution in [0.25, 0.3) is 0 Å². The predicted octanol–water partition coefficient (Wildman–Crippen LogP) is 4.02. The van der Waals surface area contributed by atoms with E-state index < -0.39 is 23.7 Å². The number of benzene rings is 2. The minimum atomic E-state index is -0.733. The average molecular weight is 470 g/mol. The first-order valence-electron chi connectivity index (χ1n) is 10.2. The van der Waals surface area contributed by atoms with Crippen LogP contribution in [0, 0.1) is 5.82 Å². The minimum Gasteiger partial charge on any atom is -0.504 e. The van der Waals surface area contributed by atoms with Crippen molar-refractivity contribution in [3.8, 4) is 11.5 Å². The van der Waals surface area contributed by atoms with E-state index in [0.29, 0.717) is 29.5 Å². The highest BCUT2D eigenvalue weighted by Gasteiger charge is 2.35. The van der Waals surface area contributed by atoms with E-state index in [1.165, 1.54) is 36.4 Å². The number of carbonyl (C=O) groups is 2. The van der Waals surface area contributed by atoms with Crippen molar-refractivity contribution in [2.75, 3.05) is 7.11 Å². The second-order valence-corrected chi connectivity index (χ2v) is 8.11. The number of halogens is 2. The van der Waals surface area contributed by atoms with E-state index >= 15 is 0 Å². The van der Waals surface area contributed by atoms with Crippen LogP contribution in [-0.2, 0) is 13.0 Å². The molecule has 1 heterocycles. The van der Waals surface area contributed by atoms with E-state index in [1.54, 1.807) is 24.3 Å². The number of primary amides is 1. The van der Waals surface area contributed by atoms with Gasteiger partial charge in [-0.2, -0.15) is 0 Å². The lowest BCUT2D eigenvalue weighted by atomic mass is 10.0. The summed E-state index contributed by atoms with van der Waals surface area (Å²) in [5.41, 5.74) is 7.01. The van der Waals surface area contributed by atoms with E-state index in [9.17, 15) is 19.1 Å². The molecule has 1 atom stereocenters. The van der Waals surface area contributed by atoms with Crippen LogP contribution in [0.2, 0.25) is 5.02 Å². The summed E-state index contributed by atoms with van der Waals surface area (Å²) in [6.07, 6.45) is 2.28. The molecule has 1 aliphatic rings. The van der Waals surface area contributed by atoms with Gasteiger partial charge in [-0.15, -0.1) is 0 Å². The highest BCUT2D eigenvalue weighted by atomic mass is 35.5. The molecule has 2 aromatic carbocycles. The maximum atomic E-state index is 14.6. The average Bonchev–Trinajstić information content (AvgIpc) is 3.21. The zero-order chi connectivity index (χ0) is 23.7. The fourth-order valence-electron chi connectivity index (χ4n) is 4.25. The first-order chi connectivity index (χ1) is 15.8. The summed E-state index contributed by atoms with van der Waals surface area (Å²) in [5.74, 6) is -1.87. The second-order valence-electron chi connectivity index (χ2n) is 7.67. The Hall–Kier alpha value is -3.65. The minimum absolute atomic E-state index is 0.00909. The van der Waals surface area contributed by atoms with Crippen LogP contribution < -0.4 is 10.5 Å². The molecule has 170 valence electrons. The molecule has 9 heteroatoms. The quantitative estimate of drug-likeness (QED) is 0.567. The molecule has 0 saturated carbocycles. The van der Waals surface area contributed by atoms with E-state index in [-0.39, 0.29) is 34.3 Å². The third kappa shape index (κ3) is 4.21. The molecule has 33 heavy (non-hydrogen) atoms. The zero-order valence-electron chi connectivity index (χ0n) is 17.7. The van der Waals surface area contributed by atoms with E-state index in [4.69, 9.17) is 22.1 Å². The molecule has 0 aliphatic heterocycles. The number of nitrogens with two attached hydrogens (primary N) is 1. The van der Waals surface area contributed by atoms with Crippen molar-refractivity contribution < 1.29 is 23.8 Å². The number of hydrogen-bond acceptors (Lipinski definition) is 5. The number of nitrogens with zero attached hydrogens (tertiary/aromatic N) is 2. The van der Waals surface area contributed by atoms with Gasteiger partial charge in [0, 0.05) is 23.3 Å². The van der Waals surface area contributed by atoms with Crippen molar-refractivity contribution in [2.24, 2.45) is 5.73 Å². The maximum Gasteiger partial charge on any atom is 0.267 e. The molecule has 0 radical (unpaired) electrons. The molecular weight excluding hydrogens is 449 g/mol. The molecule has 1 aromatic heterocycles. The summed E-state index contributed by atoms with van der Waals surface area (Å²) >= 11 is 6.12. The number of phenolic OH excluding ortho intramolecular Hbond substituents is 1. The number of rotatable bonds is 6. The number of pyridine rings is 1. The van der Waals surface area contributed by atoms with Crippen LogP contribution in [0.3, 0.4) is 0 Å². The molecule has 0 saturated heterocycles. The largest absolute Gasteiger partial charge is 0.504 e. The van der Waals surface area contributed by atoms with Crippen LogP contribution in [0.5, 0.6) is 11.5 Å². The van der Waals surface area contributed by atoms with Gasteiger partial charge < -0.3 is 20.5 Å². The Bertz CT molecular complexity index is 1250. The topological polar surface area (TPSA) is 106 Å². The number of carbonyl (C=O) groups excluding carboxylic acids is 2. The summed E-state index contributed by atoms with van der Waals surface area (Å²) < 4.78 is 19.7. The first-order valence-corrected chi connectivity index (χ1v) is 10.6. The van der Waals surface area contributed by atoms with Crippen LogP contribution >= 0.6 is 11.6 Å². The normalized spacial score (nSPS) is 14.6. The number of ether oxygens (including phenoxy) is 1. The van der Waals surface area contributed by atoms with Gasteiger partial charge in [0.1, 0.15) is 11.5 Å². The van der Waals surface area contributed by atoms with Gasteiger partial charge in [0.25, 0.3) is 11.8 Å². The summed E-state index contributed by atoms with van der Waals surface area (Å²) in [7, 11) is 1.38. The van der Waals surface area contributed by atoms with Gasteiger partial charge in [-0.05, 0) is 54.3 Å². The van der Waals surface area contributed by atoms with Gasteiger partial charge >= 0.3 is 0 Å². The Morgan fingerprint density at radius 1 is 1.30 bits per heavy atom. The molecule has 0 unspecified atom stereocenters. The standard InChI is InChI=1S/C24H21ClFN3O4/c1-33-20-6-2-5-16(22(20)30)24(32)29(12-13-4-3-9-28-21(13)23(27)31)19-8-7-15-17(19)10-14(25)11-18(15)26/h2-6,9-11,19,30H,7-8,12H2,1H3,(H2,27,31)/t19-/m1/s1. The highest BCUT2D eigenvalue weighted by molar-refractivity contribution is 6.30. The Kier molecular flexibility index (Phi) is 6.20. The van der Waals surface area contributed by atoms with Gasteiger partial charge in [-0.3, -0.25) is 14.6 Å². The number of para-hydroxylation sites is 1. The maximum absolute atomic E-state index is 14.6. The van der Waals surface area contributed by atoms with Gasteiger partial charge in [0.05, 0.1) is 18.7 Å². The van der Waals surface area contributed by atoms with Crippen molar-refractivity contribution in [3.63, 3.8) is 0 Å². The molecule has 1 aliphatic carbocycles. The van der Waals surface area contributed by atoms with Crippen molar-refractivity contribution in [2.45, 2.75) is 25.4 Å². The van der Waals surface area contributed by atoms with Crippen LogP contribution in [-0.4, -0.2) is 33.9 Å². The summed E-state index contributed by atoms with van der Waals surface area (Å²) in [5, 5.41) is 10.8. The van der Waals surface area contributed by atoms with Gasteiger partial charge in [0.2, 0.25) is 0 Å². The van der Waals surface area contributed by atoms with Gasteiger partial charge in [0.15, 0.2) is 11.5 Å². The number of amides is 2. The number of methoxy groups -OCH3 is 1. The third-order valence-corrected chi connectivity index (χ3v) is 5.99. The van der Waals surface area contributed by atoms with Crippen LogP contribution in [0.4, 0.5) is 4.39 Å². The van der Waals surface area contributed by atoms with Crippen molar-refractivity contribution >= 4 is 23.4 Å². The molecule has 2 amide bonds. The van der Waals surface area contributed by atoms with E-state index in [1.807, 2.05) is 0 Å². The molecule has 0 spiro atoms. The highest BCUT2D eigenvalue weighted by Crippen LogP contribution is 2.41. The summed E-state index contributed by atoms with van der Waals surface area (Å²) in [4.78, 5) is 31.2. The molecule has 0 fully saturated rings. The fourth-order valence-corrected chi connectivity index (χ4v) is 4.47. The van der Waals surface area contributed by atoms with Crippen LogP contribution in [0.15, 0.2) is 48.7 Å². The second kappa shape index (κ2) is 9.07. The molecule has 7 nitrogen and oxygen atoms in total. The van der Waals surface area contributed by atoms with Crippen molar-refractivity contribution in [1.82, 2.24) is 9.88 Å². The Morgan fingerprint density at radius 3 is 2.82 bits per heavy atom. The number of aromatic nitrogens is 1. The summed E-state index contributed by atoms with van der Waals surface area (Å²) in [6, 6.07) is 10.2. The molecular formula is C24H21ClFN3O4. The van der Waals surface area contributed by atoms with Crippen LogP contribution in [0.1, 0.15) is 50.0 Å². The van der Waals surface area contributed by atoms with Crippen molar-refractivity contribution in [3.05, 3.63) is 87.4 Å². The summed E-state index contributed by atoms with van der Waals surface area (Å²) in [6.45, 7) is -0.0418. The fraction of sp³-hybridized carbons (Fsp3) is 0.208. The Balaban J connectivity index is 1.83. The lowest BCUT2D eigenvalue weighted by molar-refractivity contribution is 0.0652. The molecule has 4 rings (SSSR count). The first kappa shape index (κ1) is 22.5. The van der Waals surface area contributed by atoms with Gasteiger partial charge in [-0.25, -0.2) is 4.39 Å². The zero-order valence-corrected chi connectivity index (χ0v) is 18.5. The van der Waals surface area contributed by atoms with Gasteiger partial charge in [-0.1, -0.05) is 23.7 Å².